The molecule has 0 aromatic heterocycles. The fourth-order valence-electron chi connectivity index (χ4n) is 2.14. The van der Waals surface area contributed by atoms with Crippen LogP contribution in [0.25, 0.3) is 0 Å². The van der Waals surface area contributed by atoms with Gasteiger partial charge in [0.1, 0.15) is 0 Å². The van der Waals surface area contributed by atoms with E-state index in [1.165, 1.54) is 12.8 Å². The highest BCUT2D eigenvalue weighted by molar-refractivity contribution is 6.84. The lowest BCUT2D eigenvalue weighted by molar-refractivity contribution is 0.149. The van der Waals surface area contributed by atoms with Crippen LogP contribution >= 0.6 is 0 Å². The van der Waals surface area contributed by atoms with Gasteiger partial charge in [0.2, 0.25) is 0 Å². The second kappa shape index (κ2) is 10.5. The minimum Gasteiger partial charge on any atom is -0.409 e. The van der Waals surface area contributed by atoms with Crippen molar-refractivity contribution in [2.24, 2.45) is 0 Å². The molecule has 3 unspecified atom stereocenters. The van der Waals surface area contributed by atoms with Gasteiger partial charge in [0.05, 0.1) is 0 Å². The molecule has 0 radical (unpaired) electrons. The molecule has 0 saturated heterocycles. The van der Waals surface area contributed by atoms with Gasteiger partial charge in [0.25, 0.3) is 0 Å². The number of unbranched alkanes of at least 4 members (excludes halogenated alkanes) is 2. The summed E-state index contributed by atoms with van der Waals surface area (Å²) in [6.07, 6.45) is 5.76. The first kappa shape index (κ1) is 20.8. The normalized spacial score (nSPS) is 18.5. The van der Waals surface area contributed by atoms with Crippen molar-refractivity contribution in [3.8, 4) is 0 Å². The Hall–Kier alpha value is -0.206. The fraction of sp³-hybridized carbons (Fsp3) is 0.750. The van der Waals surface area contributed by atoms with Gasteiger partial charge in [0.15, 0.2) is 0 Å². The second-order valence-corrected chi connectivity index (χ2v) is 12.0. The lowest BCUT2D eigenvalue weighted by atomic mass is 10.2. The lowest BCUT2D eigenvalue weighted by Crippen LogP contribution is -2.51. The molecule has 0 aliphatic rings. The van der Waals surface area contributed by atoms with Crippen LogP contribution in [0.3, 0.4) is 0 Å². The van der Waals surface area contributed by atoms with Gasteiger partial charge in [-0.2, -0.15) is 0 Å². The molecule has 0 rings (SSSR count). The van der Waals surface area contributed by atoms with E-state index in [0.717, 1.165) is 25.9 Å². The van der Waals surface area contributed by atoms with E-state index in [0.29, 0.717) is 0 Å². The van der Waals surface area contributed by atoms with Gasteiger partial charge in [-0.1, -0.05) is 44.5 Å². The molecule has 21 heavy (non-hydrogen) atoms. The zero-order chi connectivity index (χ0) is 16.4. The summed E-state index contributed by atoms with van der Waals surface area (Å²) in [6.45, 7) is 19.1. The smallest absolute Gasteiger partial charge is 0.352 e. The van der Waals surface area contributed by atoms with Gasteiger partial charge >= 0.3 is 17.1 Å². The molecule has 5 heteroatoms. The summed E-state index contributed by atoms with van der Waals surface area (Å²) in [5.74, 6) is 0. The fourth-order valence-corrected chi connectivity index (χ4v) is 8.13. The van der Waals surface area contributed by atoms with Crippen molar-refractivity contribution < 1.29 is 13.0 Å². The zero-order valence-electron chi connectivity index (χ0n) is 14.6. The van der Waals surface area contributed by atoms with Crippen LogP contribution in [0, 0.1) is 0 Å². The van der Waals surface area contributed by atoms with E-state index in [1.54, 1.807) is 0 Å². The monoisotopic (exact) mass is 330 g/mol. The van der Waals surface area contributed by atoms with Crippen molar-refractivity contribution in [2.75, 3.05) is 6.61 Å². The van der Waals surface area contributed by atoms with E-state index >= 15 is 0 Å². The van der Waals surface area contributed by atoms with Crippen LogP contribution in [0.5, 0.6) is 0 Å². The Labute approximate surface area is 133 Å². The minimum absolute atomic E-state index is 0.188. The molecule has 0 heterocycles. The van der Waals surface area contributed by atoms with Crippen LogP contribution in [0.2, 0.25) is 13.1 Å². The highest BCUT2D eigenvalue weighted by Gasteiger charge is 2.40. The number of hydrogen-bond donors (Lipinski definition) is 0. The van der Waals surface area contributed by atoms with Crippen molar-refractivity contribution in [2.45, 2.75) is 72.1 Å². The van der Waals surface area contributed by atoms with Crippen molar-refractivity contribution in [3.63, 3.8) is 0 Å². The second-order valence-electron chi connectivity index (χ2n) is 5.81. The third-order valence-corrected chi connectivity index (χ3v) is 9.79. The van der Waals surface area contributed by atoms with Crippen LogP contribution in [0.4, 0.5) is 0 Å². The largest absolute Gasteiger partial charge is 0.409 e. The van der Waals surface area contributed by atoms with Gasteiger partial charge in [-0.25, -0.2) is 0 Å². The van der Waals surface area contributed by atoms with E-state index in [9.17, 15) is 0 Å². The summed E-state index contributed by atoms with van der Waals surface area (Å²) in [7, 11) is -4.81. The Kier molecular flexibility index (Phi) is 10.4. The third-order valence-electron chi connectivity index (χ3n) is 3.41. The van der Waals surface area contributed by atoms with Crippen molar-refractivity contribution in [3.05, 3.63) is 24.6 Å². The Bertz CT molecular complexity index is 312. The maximum atomic E-state index is 6.32. The summed E-state index contributed by atoms with van der Waals surface area (Å²) in [5, 5.41) is 0. The molecule has 0 fully saturated rings. The summed E-state index contributed by atoms with van der Waals surface area (Å²) in [5.41, 5.74) is 3.70. The molecule has 0 amide bonds. The zero-order valence-corrected chi connectivity index (χ0v) is 16.6. The molecular weight excluding hydrogens is 296 g/mol. The number of hydrogen-bond acceptors (Lipinski definition) is 3. The third kappa shape index (κ3) is 8.73. The predicted octanol–water partition coefficient (Wildman–Crippen LogP) is 5.01. The summed E-state index contributed by atoms with van der Waals surface area (Å²) >= 11 is 0. The molecular formula is C16H34O3Si2. The van der Waals surface area contributed by atoms with E-state index in [1.807, 2.05) is 24.5 Å². The molecule has 0 N–H and O–H groups in total. The molecule has 0 aliphatic carbocycles. The first-order valence-electron chi connectivity index (χ1n) is 8.13. The quantitative estimate of drug-likeness (QED) is 0.351. The first-order valence-corrected chi connectivity index (χ1v) is 12.9. The molecule has 124 valence electrons. The molecule has 0 bridgehead atoms. The summed E-state index contributed by atoms with van der Waals surface area (Å²) < 4.78 is 18.5. The Morgan fingerprint density at radius 1 is 1.00 bits per heavy atom. The minimum atomic E-state index is -2.42. The maximum absolute atomic E-state index is 6.32. The van der Waals surface area contributed by atoms with Crippen LogP contribution < -0.4 is 0 Å². The first-order chi connectivity index (χ1) is 9.84. The Morgan fingerprint density at radius 3 is 2.10 bits per heavy atom. The van der Waals surface area contributed by atoms with Crippen molar-refractivity contribution in [1.29, 1.82) is 0 Å². The SMILES string of the molecule is C=C[Si](C)(OCCCCC)O[Si](C)(C=C)OC(C)CCC. The van der Waals surface area contributed by atoms with Gasteiger partial charge < -0.3 is 13.0 Å². The Balaban J connectivity index is 4.63. The standard InChI is InChI=1S/C16H34O3Si2/c1-8-12-13-15-17-20(6,10-3)19-21(7,11-4)18-16(5)14-9-2/h10-11,16H,3-4,8-9,12-15H2,1-2,5-7H3. The molecule has 3 nitrogen and oxygen atoms in total. The average Bonchev–Trinajstić information content (AvgIpc) is 2.43. The highest BCUT2D eigenvalue weighted by atomic mass is 28.5. The van der Waals surface area contributed by atoms with E-state index < -0.39 is 17.1 Å². The van der Waals surface area contributed by atoms with Gasteiger partial charge in [0, 0.05) is 12.7 Å². The lowest BCUT2D eigenvalue weighted by Gasteiger charge is -2.35. The van der Waals surface area contributed by atoms with Crippen LogP contribution in [-0.2, 0) is 13.0 Å². The van der Waals surface area contributed by atoms with E-state index in [4.69, 9.17) is 13.0 Å². The average molecular weight is 331 g/mol. The Morgan fingerprint density at radius 2 is 1.62 bits per heavy atom. The van der Waals surface area contributed by atoms with Crippen LogP contribution in [0.1, 0.15) is 52.9 Å². The molecule has 0 saturated carbocycles. The van der Waals surface area contributed by atoms with Gasteiger partial charge in [-0.05, 0) is 32.9 Å². The number of rotatable bonds is 13. The van der Waals surface area contributed by atoms with E-state index in [-0.39, 0.29) is 6.10 Å². The topological polar surface area (TPSA) is 27.7 Å². The maximum Gasteiger partial charge on any atom is 0.352 e. The molecule has 0 aromatic carbocycles. The molecule has 3 atom stereocenters. The van der Waals surface area contributed by atoms with Crippen molar-refractivity contribution >= 4 is 17.1 Å². The van der Waals surface area contributed by atoms with Crippen molar-refractivity contribution in [1.82, 2.24) is 0 Å². The molecule has 0 aliphatic heterocycles. The predicted molar refractivity (Wildman–Crippen MR) is 95.6 cm³/mol. The highest BCUT2D eigenvalue weighted by Crippen LogP contribution is 2.21. The van der Waals surface area contributed by atoms with Crippen LogP contribution in [-0.4, -0.2) is 29.8 Å². The summed E-state index contributed by atoms with van der Waals surface area (Å²) in [4.78, 5) is 0. The van der Waals surface area contributed by atoms with E-state index in [2.05, 4.69) is 33.9 Å². The summed E-state index contributed by atoms with van der Waals surface area (Å²) in [6, 6.07) is 0. The van der Waals surface area contributed by atoms with Gasteiger partial charge in [-0.15, -0.1) is 13.2 Å². The van der Waals surface area contributed by atoms with Gasteiger partial charge in [-0.3, -0.25) is 0 Å². The molecule has 0 aromatic rings. The van der Waals surface area contributed by atoms with Crippen LogP contribution in [0.15, 0.2) is 24.6 Å². The molecule has 0 spiro atoms.